The maximum atomic E-state index is 12.4. The highest BCUT2D eigenvalue weighted by Crippen LogP contribution is 2.24. The van der Waals surface area contributed by atoms with Crippen molar-refractivity contribution in [3.63, 3.8) is 0 Å². The van der Waals surface area contributed by atoms with Gasteiger partial charge < -0.3 is 20.7 Å². The maximum absolute atomic E-state index is 12.4. The Labute approximate surface area is 165 Å². The zero-order valence-corrected chi connectivity index (χ0v) is 16.4. The van der Waals surface area contributed by atoms with Crippen LogP contribution in [0.1, 0.15) is 25.3 Å². The lowest BCUT2D eigenvalue weighted by Crippen LogP contribution is -2.38. The van der Waals surface area contributed by atoms with Crippen LogP contribution in [-0.4, -0.2) is 31.0 Å². The maximum Gasteiger partial charge on any atom is 0.265 e. The summed E-state index contributed by atoms with van der Waals surface area (Å²) in [5.74, 6) is 0.248. The fourth-order valence-electron chi connectivity index (χ4n) is 3.37. The van der Waals surface area contributed by atoms with E-state index in [0.29, 0.717) is 5.75 Å². The normalized spacial score (nSPS) is 15.7. The predicted octanol–water partition coefficient (Wildman–Crippen LogP) is 3.10. The number of carbonyl (C=O) groups excluding carboxylic acids is 2. The van der Waals surface area contributed by atoms with Gasteiger partial charge in [-0.1, -0.05) is 12.1 Å². The number of rotatable bonds is 6. The number of aryl methyl sites for hydroxylation is 1. The average Bonchev–Trinajstić information content (AvgIpc) is 2.68. The summed E-state index contributed by atoms with van der Waals surface area (Å²) in [4.78, 5) is 25.9. The van der Waals surface area contributed by atoms with Gasteiger partial charge >= 0.3 is 0 Å². The number of amides is 2. The van der Waals surface area contributed by atoms with Crippen molar-refractivity contribution >= 4 is 23.2 Å². The molecule has 1 unspecified atom stereocenters. The lowest BCUT2D eigenvalue weighted by molar-refractivity contribution is -0.122. The highest BCUT2D eigenvalue weighted by molar-refractivity contribution is 5.94. The first-order valence-electron chi connectivity index (χ1n) is 9.61. The van der Waals surface area contributed by atoms with Crippen molar-refractivity contribution in [2.75, 3.05) is 23.3 Å². The zero-order valence-electron chi connectivity index (χ0n) is 16.4. The number of nitrogens with two attached hydrogens (primary N) is 1. The van der Waals surface area contributed by atoms with Gasteiger partial charge in [0.25, 0.3) is 5.91 Å². The number of nitrogens with one attached hydrogen (secondary N) is 1. The number of anilines is 2. The molecule has 0 aromatic heterocycles. The minimum Gasteiger partial charge on any atom is -0.481 e. The van der Waals surface area contributed by atoms with Crippen LogP contribution in [0.15, 0.2) is 48.5 Å². The molecule has 0 saturated carbocycles. The third-order valence-electron chi connectivity index (χ3n) is 5.07. The van der Waals surface area contributed by atoms with Crippen LogP contribution in [0, 0.1) is 12.8 Å². The van der Waals surface area contributed by atoms with Gasteiger partial charge in [0.15, 0.2) is 6.10 Å². The Morgan fingerprint density at radius 2 is 1.82 bits per heavy atom. The number of primary amides is 1. The molecule has 1 fully saturated rings. The van der Waals surface area contributed by atoms with E-state index in [9.17, 15) is 9.59 Å². The second kappa shape index (κ2) is 8.78. The minimum atomic E-state index is -0.602. The average molecular weight is 381 g/mol. The topological polar surface area (TPSA) is 84.7 Å². The fraction of sp³-hybridized carbons (Fsp3) is 0.364. The Bertz CT molecular complexity index is 827. The molecule has 3 rings (SSSR count). The lowest BCUT2D eigenvalue weighted by atomic mass is 9.96. The lowest BCUT2D eigenvalue weighted by Gasteiger charge is -2.32. The van der Waals surface area contributed by atoms with E-state index in [0.717, 1.165) is 42.9 Å². The second-order valence-electron chi connectivity index (χ2n) is 7.28. The molecule has 2 amide bonds. The summed E-state index contributed by atoms with van der Waals surface area (Å²) in [6.45, 7) is 5.33. The molecular weight excluding hydrogens is 354 g/mol. The summed E-state index contributed by atoms with van der Waals surface area (Å²) in [6, 6.07) is 15.3. The SMILES string of the molecule is Cc1cccc(OC(C)C(=O)Nc2ccc(N3CCC(C(N)=O)CC3)cc2)c1. The predicted molar refractivity (Wildman–Crippen MR) is 110 cm³/mol. The van der Waals surface area contributed by atoms with Crippen molar-refractivity contribution in [1.29, 1.82) is 0 Å². The van der Waals surface area contributed by atoms with Crippen LogP contribution >= 0.6 is 0 Å². The molecule has 0 spiro atoms. The van der Waals surface area contributed by atoms with Gasteiger partial charge in [0, 0.05) is 30.4 Å². The first-order chi connectivity index (χ1) is 13.4. The quantitative estimate of drug-likeness (QED) is 0.805. The number of carbonyl (C=O) groups is 2. The summed E-state index contributed by atoms with van der Waals surface area (Å²) in [5.41, 5.74) is 8.27. The van der Waals surface area contributed by atoms with Crippen LogP contribution in [-0.2, 0) is 9.59 Å². The van der Waals surface area contributed by atoms with E-state index < -0.39 is 6.10 Å². The van der Waals surface area contributed by atoms with Crippen LogP contribution in [0.2, 0.25) is 0 Å². The molecule has 148 valence electrons. The molecule has 1 heterocycles. The van der Waals surface area contributed by atoms with Crippen molar-refractivity contribution in [2.45, 2.75) is 32.8 Å². The number of hydrogen-bond donors (Lipinski definition) is 2. The van der Waals surface area contributed by atoms with Gasteiger partial charge in [0.1, 0.15) is 5.75 Å². The van der Waals surface area contributed by atoms with Crippen LogP contribution in [0.5, 0.6) is 5.75 Å². The third-order valence-corrected chi connectivity index (χ3v) is 5.07. The van der Waals surface area contributed by atoms with E-state index in [1.165, 1.54) is 0 Å². The van der Waals surface area contributed by atoms with Gasteiger partial charge in [-0.05, 0) is 68.7 Å². The van der Waals surface area contributed by atoms with Crippen LogP contribution < -0.4 is 20.7 Å². The molecule has 2 aromatic carbocycles. The summed E-state index contributed by atoms with van der Waals surface area (Å²) in [5, 5.41) is 2.89. The summed E-state index contributed by atoms with van der Waals surface area (Å²) in [6.07, 6.45) is 0.956. The molecule has 1 saturated heterocycles. The summed E-state index contributed by atoms with van der Waals surface area (Å²) < 4.78 is 5.72. The largest absolute Gasteiger partial charge is 0.481 e. The second-order valence-corrected chi connectivity index (χ2v) is 7.28. The molecule has 0 radical (unpaired) electrons. The molecular formula is C22H27N3O3. The molecule has 6 nitrogen and oxygen atoms in total. The molecule has 6 heteroatoms. The van der Waals surface area contributed by atoms with E-state index >= 15 is 0 Å². The molecule has 3 N–H and O–H groups in total. The van der Waals surface area contributed by atoms with Crippen LogP contribution in [0.3, 0.4) is 0 Å². The minimum absolute atomic E-state index is 0.0234. The van der Waals surface area contributed by atoms with Gasteiger partial charge in [-0.2, -0.15) is 0 Å². The van der Waals surface area contributed by atoms with Crippen LogP contribution in [0.4, 0.5) is 11.4 Å². The molecule has 0 aliphatic carbocycles. The summed E-state index contributed by atoms with van der Waals surface area (Å²) >= 11 is 0. The van der Waals surface area contributed by atoms with E-state index in [2.05, 4.69) is 10.2 Å². The van der Waals surface area contributed by atoms with Crippen molar-refractivity contribution in [2.24, 2.45) is 11.7 Å². The standard InChI is InChI=1S/C22H27N3O3/c1-15-4-3-5-20(14-15)28-16(2)22(27)24-18-6-8-19(9-7-18)25-12-10-17(11-13-25)21(23)26/h3-9,14,16-17H,10-13H2,1-2H3,(H2,23,26)(H,24,27). The van der Waals surface area contributed by atoms with E-state index in [1.807, 2.05) is 55.5 Å². The number of ether oxygens (including phenoxy) is 1. The summed E-state index contributed by atoms with van der Waals surface area (Å²) in [7, 11) is 0. The number of hydrogen-bond acceptors (Lipinski definition) is 4. The molecule has 28 heavy (non-hydrogen) atoms. The molecule has 2 aromatic rings. The van der Waals surface area contributed by atoms with Crippen LogP contribution in [0.25, 0.3) is 0 Å². The van der Waals surface area contributed by atoms with Gasteiger partial charge in [-0.25, -0.2) is 0 Å². The van der Waals surface area contributed by atoms with Crippen molar-refractivity contribution < 1.29 is 14.3 Å². The first-order valence-corrected chi connectivity index (χ1v) is 9.61. The third kappa shape index (κ3) is 5.03. The molecule has 0 bridgehead atoms. The molecule has 1 aliphatic heterocycles. The van der Waals surface area contributed by atoms with Crippen molar-refractivity contribution in [3.05, 3.63) is 54.1 Å². The van der Waals surface area contributed by atoms with E-state index in [1.54, 1.807) is 6.92 Å². The highest BCUT2D eigenvalue weighted by Gasteiger charge is 2.23. The monoisotopic (exact) mass is 381 g/mol. The fourth-order valence-corrected chi connectivity index (χ4v) is 3.37. The van der Waals surface area contributed by atoms with Gasteiger partial charge in [0.05, 0.1) is 0 Å². The Morgan fingerprint density at radius 3 is 2.43 bits per heavy atom. The Balaban J connectivity index is 1.53. The number of benzene rings is 2. The van der Waals surface area contributed by atoms with Gasteiger partial charge in [-0.3, -0.25) is 9.59 Å². The Hall–Kier alpha value is -3.02. The van der Waals surface area contributed by atoms with Gasteiger partial charge in [-0.15, -0.1) is 0 Å². The van der Waals surface area contributed by atoms with Crippen molar-refractivity contribution in [1.82, 2.24) is 0 Å². The molecule has 1 aliphatic rings. The number of nitrogens with zero attached hydrogens (tertiary/aromatic N) is 1. The van der Waals surface area contributed by atoms with Crippen molar-refractivity contribution in [3.8, 4) is 5.75 Å². The van der Waals surface area contributed by atoms with E-state index in [-0.39, 0.29) is 17.7 Å². The smallest absolute Gasteiger partial charge is 0.265 e. The number of piperidine rings is 1. The Kier molecular flexibility index (Phi) is 6.19. The first kappa shape index (κ1) is 19.7. The Morgan fingerprint density at radius 1 is 1.14 bits per heavy atom. The van der Waals surface area contributed by atoms with Gasteiger partial charge in [0.2, 0.25) is 5.91 Å². The van der Waals surface area contributed by atoms with E-state index in [4.69, 9.17) is 10.5 Å². The zero-order chi connectivity index (χ0) is 20.1. The molecule has 1 atom stereocenters. The highest BCUT2D eigenvalue weighted by atomic mass is 16.5.